The molecule has 0 unspecified atom stereocenters. The standard InChI is InChI=1S/C10H18N6O/c1-15(9-4-2-8(11)3-5-9)10(17)6-16-7-12-13-14-16/h7-9H,2-6,11H2,1H3. The number of nitrogens with zero attached hydrogens (tertiary/aromatic N) is 5. The highest BCUT2D eigenvalue weighted by Crippen LogP contribution is 2.21. The van der Waals surface area contributed by atoms with Crippen molar-refractivity contribution in [1.29, 1.82) is 0 Å². The molecule has 2 N–H and O–H groups in total. The van der Waals surface area contributed by atoms with Crippen LogP contribution in [-0.2, 0) is 11.3 Å². The molecule has 2 rings (SSSR count). The van der Waals surface area contributed by atoms with Gasteiger partial charge in [0.15, 0.2) is 0 Å². The normalized spacial score (nSPS) is 24.6. The first kappa shape index (κ1) is 12.0. The van der Waals surface area contributed by atoms with Crippen LogP contribution in [0.25, 0.3) is 0 Å². The molecule has 1 amide bonds. The monoisotopic (exact) mass is 238 g/mol. The largest absolute Gasteiger partial charge is 0.341 e. The summed E-state index contributed by atoms with van der Waals surface area (Å²) in [6.07, 6.45) is 5.40. The van der Waals surface area contributed by atoms with Crippen LogP contribution < -0.4 is 5.73 Å². The maximum Gasteiger partial charge on any atom is 0.244 e. The van der Waals surface area contributed by atoms with E-state index in [0.29, 0.717) is 12.1 Å². The number of likely N-dealkylation sites (N-methyl/N-ethyl adjacent to an activating group) is 1. The summed E-state index contributed by atoms with van der Waals surface area (Å²) >= 11 is 0. The maximum atomic E-state index is 12.0. The smallest absolute Gasteiger partial charge is 0.244 e. The van der Waals surface area contributed by atoms with Crippen molar-refractivity contribution in [3.8, 4) is 0 Å². The van der Waals surface area contributed by atoms with E-state index in [4.69, 9.17) is 5.73 Å². The second-order valence-electron chi connectivity index (χ2n) is 4.58. The third kappa shape index (κ3) is 3.00. The fourth-order valence-electron chi connectivity index (χ4n) is 2.20. The first-order valence-corrected chi connectivity index (χ1v) is 5.89. The summed E-state index contributed by atoms with van der Waals surface area (Å²) in [5.41, 5.74) is 5.85. The van der Waals surface area contributed by atoms with E-state index in [-0.39, 0.29) is 12.5 Å². The highest BCUT2D eigenvalue weighted by Gasteiger charge is 2.25. The average molecular weight is 238 g/mol. The van der Waals surface area contributed by atoms with Gasteiger partial charge in [-0.05, 0) is 36.1 Å². The SMILES string of the molecule is CN(C(=O)Cn1cnnn1)C1CCC(N)CC1. The molecule has 7 nitrogen and oxygen atoms in total. The Kier molecular flexibility index (Phi) is 3.68. The molecule has 0 aliphatic heterocycles. The summed E-state index contributed by atoms with van der Waals surface area (Å²) in [6, 6.07) is 0.605. The Bertz CT molecular complexity index is 357. The van der Waals surface area contributed by atoms with E-state index in [1.165, 1.54) is 11.0 Å². The van der Waals surface area contributed by atoms with Crippen molar-refractivity contribution in [3.05, 3.63) is 6.33 Å². The van der Waals surface area contributed by atoms with Crippen LogP contribution in [0.15, 0.2) is 6.33 Å². The van der Waals surface area contributed by atoms with Crippen LogP contribution in [0.2, 0.25) is 0 Å². The maximum absolute atomic E-state index is 12.0. The van der Waals surface area contributed by atoms with Crippen molar-refractivity contribution < 1.29 is 4.79 Å². The van der Waals surface area contributed by atoms with Crippen molar-refractivity contribution in [2.75, 3.05) is 7.05 Å². The van der Waals surface area contributed by atoms with E-state index in [2.05, 4.69) is 15.5 Å². The molecule has 0 saturated heterocycles. The summed E-state index contributed by atoms with van der Waals surface area (Å²) < 4.78 is 1.44. The van der Waals surface area contributed by atoms with Gasteiger partial charge in [0, 0.05) is 19.1 Å². The lowest BCUT2D eigenvalue weighted by Crippen LogP contribution is -2.43. The van der Waals surface area contributed by atoms with Gasteiger partial charge in [0.25, 0.3) is 0 Å². The van der Waals surface area contributed by atoms with E-state index >= 15 is 0 Å². The van der Waals surface area contributed by atoms with Crippen molar-refractivity contribution >= 4 is 5.91 Å². The zero-order valence-electron chi connectivity index (χ0n) is 9.99. The van der Waals surface area contributed by atoms with Crippen molar-refractivity contribution in [2.24, 2.45) is 5.73 Å². The molecule has 0 radical (unpaired) electrons. The molecule has 1 saturated carbocycles. The molecule has 1 aromatic heterocycles. The molecular weight excluding hydrogens is 220 g/mol. The summed E-state index contributed by atoms with van der Waals surface area (Å²) in [6.45, 7) is 0.200. The van der Waals surface area contributed by atoms with Gasteiger partial charge in [0.2, 0.25) is 5.91 Å². The van der Waals surface area contributed by atoms with Crippen molar-refractivity contribution in [1.82, 2.24) is 25.1 Å². The lowest BCUT2D eigenvalue weighted by atomic mass is 9.91. The fourth-order valence-corrected chi connectivity index (χ4v) is 2.20. The molecule has 1 heterocycles. The van der Waals surface area contributed by atoms with Gasteiger partial charge in [0.05, 0.1) is 0 Å². The Morgan fingerprint density at radius 2 is 2.18 bits per heavy atom. The number of nitrogens with two attached hydrogens (primary N) is 1. The lowest BCUT2D eigenvalue weighted by Gasteiger charge is -2.33. The molecule has 1 aromatic rings. The van der Waals surface area contributed by atoms with Crippen LogP contribution >= 0.6 is 0 Å². The molecular formula is C10H18N6O. The van der Waals surface area contributed by atoms with Crippen LogP contribution in [0.5, 0.6) is 0 Å². The Morgan fingerprint density at radius 1 is 1.47 bits per heavy atom. The summed E-state index contributed by atoms with van der Waals surface area (Å²) in [7, 11) is 1.84. The molecule has 0 spiro atoms. The van der Waals surface area contributed by atoms with E-state index in [1.807, 2.05) is 7.05 Å². The van der Waals surface area contributed by atoms with Gasteiger partial charge in [-0.2, -0.15) is 0 Å². The minimum Gasteiger partial charge on any atom is -0.341 e. The van der Waals surface area contributed by atoms with Crippen LogP contribution in [0.4, 0.5) is 0 Å². The molecule has 1 aliphatic rings. The average Bonchev–Trinajstić information content (AvgIpc) is 2.82. The number of hydrogen-bond acceptors (Lipinski definition) is 5. The van der Waals surface area contributed by atoms with E-state index in [0.717, 1.165) is 25.7 Å². The summed E-state index contributed by atoms with van der Waals surface area (Å²) in [5, 5.41) is 10.7. The number of rotatable bonds is 3. The van der Waals surface area contributed by atoms with E-state index < -0.39 is 0 Å². The highest BCUT2D eigenvalue weighted by molar-refractivity contribution is 5.75. The molecule has 0 atom stereocenters. The van der Waals surface area contributed by atoms with Gasteiger partial charge < -0.3 is 10.6 Å². The first-order chi connectivity index (χ1) is 8.16. The van der Waals surface area contributed by atoms with Crippen LogP contribution in [0.3, 0.4) is 0 Å². The molecule has 94 valence electrons. The molecule has 17 heavy (non-hydrogen) atoms. The quantitative estimate of drug-likeness (QED) is 0.759. The van der Waals surface area contributed by atoms with Gasteiger partial charge in [-0.15, -0.1) is 5.10 Å². The summed E-state index contributed by atoms with van der Waals surface area (Å²) in [4.78, 5) is 13.8. The van der Waals surface area contributed by atoms with Crippen LogP contribution in [0.1, 0.15) is 25.7 Å². The number of carbonyl (C=O) groups is 1. The van der Waals surface area contributed by atoms with Crippen LogP contribution in [-0.4, -0.2) is 50.1 Å². The lowest BCUT2D eigenvalue weighted by molar-refractivity contribution is -0.133. The van der Waals surface area contributed by atoms with Gasteiger partial charge in [-0.25, -0.2) is 4.68 Å². The molecule has 0 bridgehead atoms. The Morgan fingerprint density at radius 3 is 2.76 bits per heavy atom. The predicted octanol–water partition coefficient (Wildman–Crippen LogP) is -0.599. The predicted molar refractivity (Wildman–Crippen MR) is 60.8 cm³/mol. The minimum absolute atomic E-state index is 0.0396. The molecule has 1 aliphatic carbocycles. The van der Waals surface area contributed by atoms with Gasteiger partial charge in [-0.1, -0.05) is 0 Å². The second-order valence-corrected chi connectivity index (χ2v) is 4.58. The van der Waals surface area contributed by atoms with E-state index in [1.54, 1.807) is 4.90 Å². The Labute approximate surface area is 100.0 Å². The zero-order valence-corrected chi connectivity index (χ0v) is 9.99. The van der Waals surface area contributed by atoms with Crippen molar-refractivity contribution in [3.63, 3.8) is 0 Å². The number of amides is 1. The topological polar surface area (TPSA) is 89.9 Å². The van der Waals surface area contributed by atoms with Crippen molar-refractivity contribution in [2.45, 2.75) is 44.3 Å². The third-order valence-corrected chi connectivity index (χ3v) is 3.37. The molecule has 0 aromatic carbocycles. The van der Waals surface area contributed by atoms with E-state index in [9.17, 15) is 4.79 Å². The third-order valence-electron chi connectivity index (χ3n) is 3.37. The summed E-state index contributed by atoms with van der Waals surface area (Å²) in [5.74, 6) is 0.0396. The fraction of sp³-hybridized carbons (Fsp3) is 0.800. The Balaban J connectivity index is 1.86. The van der Waals surface area contributed by atoms with Gasteiger partial charge in [0.1, 0.15) is 12.9 Å². The highest BCUT2D eigenvalue weighted by atomic mass is 16.2. The molecule has 1 fully saturated rings. The van der Waals surface area contributed by atoms with Crippen LogP contribution in [0, 0.1) is 0 Å². The molecule has 7 heteroatoms. The number of hydrogen-bond donors (Lipinski definition) is 1. The Hall–Kier alpha value is -1.50. The second kappa shape index (κ2) is 5.22. The number of carbonyl (C=O) groups excluding carboxylic acids is 1. The zero-order chi connectivity index (χ0) is 12.3. The number of aromatic nitrogens is 4. The van der Waals surface area contributed by atoms with Gasteiger partial charge in [-0.3, -0.25) is 4.79 Å². The van der Waals surface area contributed by atoms with Gasteiger partial charge >= 0.3 is 0 Å². The minimum atomic E-state index is 0.0396. The first-order valence-electron chi connectivity index (χ1n) is 5.89. The number of tetrazole rings is 1.